The minimum atomic E-state index is -0.821. The zero-order chi connectivity index (χ0) is 54.2. The van der Waals surface area contributed by atoms with Crippen molar-refractivity contribution in [1.82, 2.24) is 40.4 Å². The molecule has 412 valence electrons. The number of aliphatic hydroxyl groups excluding tert-OH is 1. The van der Waals surface area contributed by atoms with Gasteiger partial charge in [0.25, 0.3) is 5.88 Å². The van der Waals surface area contributed by atoms with Crippen LogP contribution in [-0.2, 0) is 9.59 Å². The van der Waals surface area contributed by atoms with Crippen molar-refractivity contribution in [3.8, 4) is 39.2 Å². The minimum Gasteiger partial charge on any atom is -0.507 e. The number of likely N-dealkylation sites (tertiary alicyclic amines) is 2. The summed E-state index contributed by atoms with van der Waals surface area (Å²) in [5.74, 6) is 1.62. The van der Waals surface area contributed by atoms with Crippen molar-refractivity contribution >= 4 is 40.3 Å². The Bertz CT molecular complexity index is 3040. The molecule has 4 aliphatic heterocycles. The highest BCUT2D eigenvalue weighted by molar-refractivity contribution is 7.13. The van der Waals surface area contributed by atoms with Gasteiger partial charge in [0.15, 0.2) is 11.6 Å². The van der Waals surface area contributed by atoms with E-state index in [0.717, 1.165) is 104 Å². The molecule has 11 rings (SSSR count). The number of aromatic hydroxyl groups is 1. The number of ether oxygens (including phenoxy) is 2. The number of aryl methyl sites for hydroxylation is 1. The molecule has 5 N–H and O–H groups in total. The average molecular weight is 1080 g/mol. The monoisotopic (exact) mass is 1080 g/mol. The number of piperidine rings is 1. The number of amides is 2. The van der Waals surface area contributed by atoms with E-state index >= 15 is 0 Å². The first-order chi connectivity index (χ1) is 37.7. The van der Waals surface area contributed by atoms with Crippen LogP contribution in [0.1, 0.15) is 108 Å². The number of nitrogen functional groups attached to an aromatic ring is 1. The van der Waals surface area contributed by atoms with E-state index in [0.29, 0.717) is 71.2 Å². The molecule has 78 heavy (non-hydrogen) atoms. The lowest BCUT2D eigenvalue weighted by molar-refractivity contribution is -0.141. The van der Waals surface area contributed by atoms with Gasteiger partial charge in [0.05, 0.1) is 46.2 Å². The summed E-state index contributed by atoms with van der Waals surface area (Å²) in [4.78, 5) is 47.2. The highest BCUT2D eigenvalue weighted by Crippen LogP contribution is 2.41. The predicted octanol–water partition coefficient (Wildman–Crippen LogP) is 8.41. The van der Waals surface area contributed by atoms with Gasteiger partial charge in [-0.25, -0.2) is 9.97 Å². The number of carbonyl (C=O) groups is 2. The maximum absolute atomic E-state index is 14.3. The highest BCUT2D eigenvalue weighted by atomic mass is 32.1. The number of nitrogens with zero attached hydrogens (tertiary/aromatic N) is 9. The van der Waals surface area contributed by atoms with Gasteiger partial charge in [-0.1, -0.05) is 50.2 Å². The van der Waals surface area contributed by atoms with Crippen molar-refractivity contribution in [2.45, 2.75) is 134 Å². The molecule has 0 radical (unpaired) electrons. The third kappa shape index (κ3) is 11.4. The van der Waals surface area contributed by atoms with Gasteiger partial charge in [0.1, 0.15) is 23.8 Å². The Morgan fingerprint density at radius 1 is 0.910 bits per heavy atom. The zero-order valence-corrected chi connectivity index (χ0v) is 46.1. The fourth-order valence-electron chi connectivity index (χ4n) is 12.8. The molecule has 19 heteroatoms. The third-order valence-electron chi connectivity index (χ3n) is 17.1. The number of piperazine rings is 1. The molecular weight excluding hydrogens is 1010 g/mol. The number of hydrogen-bond donors (Lipinski definition) is 4. The average Bonchev–Trinajstić information content (AvgIpc) is 4.34. The number of carbonyl (C=O) groups excluding carboxylic acids is 2. The molecule has 0 spiro atoms. The van der Waals surface area contributed by atoms with E-state index in [2.05, 4.69) is 64.4 Å². The van der Waals surface area contributed by atoms with Crippen molar-refractivity contribution < 1.29 is 33.8 Å². The number of phenolic OH excluding ortho intramolecular Hbond substituents is 1. The summed E-state index contributed by atoms with van der Waals surface area (Å²) in [6, 6.07) is 23.0. The fourth-order valence-corrected chi connectivity index (χ4v) is 13.6. The molecule has 8 atom stereocenters. The smallest absolute Gasteiger partial charge is 0.254 e. The second-order valence-corrected chi connectivity index (χ2v) is 23.7. The predicted molar refractivity (Wildman–Crippen MR) is 299 cm³/mol. The van der Waals surface area contributed by atoms with E-state index in [1.807, 2.05) is 81.9 Å². The highest BCUT2D eigenvalue weighted by Gasteiger charge is 2.45. The van der Waals surface area contributed by atoms with Gasteiger partial charge in [0, 0.05) is 80.3 Å². The summed E-state index contributed by atoms with van der Waals surface area (Å²) in [7, 11) is 0. The molecule has 2 amide bonds. The van der Waals surface area contributed by atoms with E-state index in [4.69, 9.17) is 19.7 Å². The maximum Gasteiger partial charge on any atom is 0.254 e. The summed E-state index contributed by atoms with van der Waals surface area (Å²) in [6.07, 6.45) is 8.65. The molecule has 4 saturated heterocycles. The van der Waals surface area contributed by atoms with Gasteiger partial charge >= 0.3 is 0 Å². The number of rotatable bonds is 18. The number of β-amino-alcohol motifs (C(OH)–C–C–N with tert-alkyl or cyclic N) is 1. The Balaban J connectivity index is 0.610. The lowest BCUT2D eigenvalue weighted by Crippen LogP contribution is -2.54. The van der Waals surface area contributed by atoms with Gasteiger partial charge in [-0.2, -0.15) is 0 Å². The van der Waals surface area contributed by atoms with Crippen LogP contribution in [0.25, 0.3) is 21.7 Å². The van der Waals surface area contributed by atoms with E-state index in [-0.39, 0.29) is 48.6 Å². The molecule has 1 aliphatic carbocycles. The number of benzene rings is 2. The van der Waals surface area contributed by atoms with Gasteiger partial charge in [-0.15, -0.1) is 21.5 Å². The Labute approximate surface area is 460 Å². The van der Waals surface area contributed by atoms with Crippen molar-refractivity contribution in [1.29, 1.82) is 0 Å². The van der Waals surface area contributed by atoms with Gasteiger partial charge < -0.3 is 54.9 Å². The van der Waals surface area contributed by atoms with E-state index in [9.17, 15) is 19.8 Å². The number of nitrogens with one attached hydrogen (secondary N) is 1. The molecule has 2 bridgehead atoms. The lowest BCUT2D eigenvalue weighted by atomic mass is 9.80. The number of fused-ring (bicyclic) bond motifs is 2. The molecule has 5 fully saturated rings. The Hall–Kier alpha value is -6.83. The van der Waals surface area contributed by atoms with Crippen LogP contribution in [0, 0.1) is 24.7 Å². The van der Waals surface area contributed by atoms with Gasteiger partial charge in [-0.05, 0) is 131 Å². The number of phenols is 1. The standard InChI is InChI=1S/C59H73N11O7S/c1-34(2)55(59(74)69-32-45(71)26-50(69)58(73)63-36(4)40-10-12-41(13-11-40)56-37(5)62-33-78-56)52-28-54(66-77-52)75-21-18-38-17-20-67(35(3)22-38)29-39-23-46(24-39)76-53-25-42(16-19-61-53)70-43-14-15-44(70)31-68(30-43)49-27-48(64-65-57(49)60)47-8-6-7-9-51(47)72/h6-13,16,19,25,27-28,33-36,38-39,43-46,50,55,71-72H,14-15,17-18,20-24,26,29-32H2,1-5H3,(H2,60,65)(H,63,73)/t35-,36-,38+,39?,43?,44?,45+,46?,50-,55-/m0/s1. The van der Waals surface area contributed by atoms with Crippen LogP contribution in [-0.4, -0.2) is 133 Å². The topological polar surface area (TPSA) is 222 Å². The number of aromatic nitrogens is 5. The van der Waals surface area contributed by atoms with E-state index in [1.54, 1.807) is 29.5 Å². The van der Waals surface area contributed by atoms with Crippen LogP contribution < -0.4 is 30.3 Å². The lowest BCUT2D eigenvalue weighted by Gasteiger charge is -2.44. The number of thiazole rings is 1. The number of nitrogens with two attached hydrogens (primary N) is 1. The van der Waals surface area contributed by atoms with Crippen LogP contribution in [0.15, 0.2) is 89.0 Å². The molecule has 1 saturated carbocycles. The minimum absolute atomic E-state index is 0.0623. The number of hydrogen-bond acceptors (Lipinski definition) is 17. The Kier molecular flexibility index (Phi) is 15.6. The molecule has 18 nitrogen and oxygen atoms in total. The van der Waals surface area contributed by atoms with Crippen molar-refractivity contribution in [3.05, 3.63) is 102 Å². The van der Waals surface area contributed by atoms with Crippen molar-refractivity contribution in [2.24, 2.45) is 17.8 Å². The first kappa shape index (κ1) is 53.2. The summed E-state index contributed by atoms with van der Waals surface area (Å²) in [5.41, 5.74) is 14.5. The molecular formula is C59H73N11O7S. The zero-order valence-electron chi connectivity index (χ0n) is 45.3. The molecule has 2 aromatic carbocycles. The summed E-state index contributed by atoms with van der Waals surface area (Å²) < 4.78 is 18.4. The van der Waals surface area contributed by atoms with Crippen molar-refractivity contribution in [2.75, 3.05) is 54.9 Å². The summed E-state index contributed by atoms with van der Waals surface area (Å²) in [5, 5.41) is 37.1. The second-order valence-electron chi connectivity index (χ2n) is 22.8. The Morgan fingerprint density at radius 2 is 1.69 bits per heavy atom. The Morgan fingerprint density at radius 3 is 2.42 bits per heavy atom. The molecule has 4 aromatic heterocycles. The normalized spacial score (nSPS) is 25.0. The first-order valence-corrected chi connectivity index (χ1v) is 28.8. The number of para-hydroxylation sites is 1. The van der Waals surface area contributed by atoms with Crippen LogP contribution in [0.3, 0.4) is 0 Å². The SMILES string of the molecule is Cc1ncsc1-c1ccc([C@H](C)NC(=O)[C@@H]2C[C@@H](O)CN2C(=O)[C@H](c2cc(OCC[C@H]3CCN(CC4CC(Oc5cc(N6C7CCC6CN(c6cc(-c8ccccc8O)nnc6N)C7)ccn5)C4)[C@@H](C)C3)no2)C(C)C)cc1. The molecule has 2 unspecified atom stereocenters. The molecule has 6 aromatic rings. The second kappa shape index (κ2) is 22.9. The number of pyridine rings is 1. The maximum atomic E-state index is 14.3. The molecule has 8 heterocycles. The van der Waals surface area contributed by atoms with Gasteiger partial charge in [-0.3, -0.25) is 9.59 Å². The van der Waals surface area contributed by atoms with Crippen LogP contribution in [0.2, 0.25) is 0 Å². The van der Waals surface area contributed by atoms with E-state index in [1.165, 1.54) is 4.90 Å². The third-order valence-corrected chi connectivity index (χ3v) is 18.1. The first-order valence-electron chi connectivity index (χ1n) is 27.9. The van der Waals surface area contributed by atoms with Crippen LogP contribution in [0.4, 0.5) is 17.2 Å². The summed E-state index contributed by atoms with van der Waals surface area (Å²) >= 11 is 1.60. The largest absolute Gasteiger partial charge is 0.507 e. The molecule has 5 aliphatic rings. The van der Waals surface area contributed by atoms with E-state index < -0.39 is 18.1 Å². The number of aliphatic hydroxyl groups is 1. The van der Waals surface area contributed by atoms with Crippen molar-refractivity contribution in [3.63, 3.8) is 0 Å². The van der Waals surface area contributed by atoms with Crippen LogP contribution in [0.5, 0.6) is 17.5 Å². The number of anilines is 3. The van der Waals surface area contributed by atoms with Crippen LogP contribution >= 0.6 is 11.3 Å². The summed E-state index contributed by atoms with van der Waals surface area (Å²) in [6.45, 7) is 14.4. The van der Waals surface area contributed by atoms with Gasteiger partial charge in [0.2, 0.25) is 17.7 Å². The quantitative estimate of drug-likeness (QED) is 0.0634. The fraction of sp³-hybridized carbons (Fsp3) is 0.508.